The molecule has 3 rings (SSSR count). The zero-order valence-electron chi connectivity index (χ0n) is 13.2. The Morgan fingerprint density at radius 3 is 3.00 bits per heavy atom. The summed E-state index contributed by atoms with van der Waals surface area (Å²) in [7, 11) is 0. The maximum Gasteiger partial charge on any atom is 0.219 e. The number of thiazole rings is 1. The van der Waals surface area contributed by atoms with Gasteiger partial charge in [-0.2, -0.15) is 0 Å². The van der Waals surface area contributed by atoms with Gasteiger partial charge < -0.3 is 14.4 Å². The van der Waals surface area contributed by atoms with Crippen LogP contribution in [0.3, 0.4) is 0 Å². The summed E-state index contributed by atoms with van der Waals surface area (Å²) in [5, 5.41) is 3.21. The minimum atomic E-state index is -0.411. The molecule has 1 spiro atoms. The lowest BCUT2D eigenvalue weighted by Gasteiger charge is -2.43. The fourth-order valence-corrected chi connectivity index (χ4v) is 3.73. The van der Waals surface area contributed by atoms with Crippen LogP contribution in [0.25, 0.3) is 0 Å². The van der Waals surface area contributed by atoms with E-state index in [1.807, 2.05) is 11.8 Å². The second-order valence-corrected chi connectivity index (χ2v) is 7.16. The standard InChI is InChI=1S/C15H23N3O3S/c1-12-16-14(8-22-12)7-17-3-6-21-15(9-17)10-18(13(2)19)4-5-20-11-15/h8H,3-7,9-11H2,1-2H3. The first kappa shape index (κ1) is 15.9. The molecular weight excluding hydrogens is 302 g/mol. The summed E-state index contributed by atoms with van der Waals surface area (Å²) in [5.74, 6) is 0.0840. The van der Waals surface area contributed by atoms with Gasteiger partial charge in [-0.1, -0.05) is 0 Å². The van der Waals surface area contributed by atoms with Gasteiger partial charge in [0.2, 0.25) is 5.91 Å². The highest BCUT2D eigenvalue weighted by Gasteiger charge is 2.40. The Kier molecular flexibility index (Phi) is 4.77. The minimum Gasteiger partial charge on any atom is -0.376 e. The molecule has 0 aromatic carbocycles. The molecule has 122 valence electrons. The first-order chi connectivity index (χ1) is 10.6. The molecule has 2 saturated heterocycles. The van der Waals surface area contributed by atoms with Gasteiger partial charge in [-0.15, -0.1) is 11.3 Å². The predicted molar refractivity (Wildman–Crippen MR) is 83.9 cm³/mol. The lowest BCUT2D eigenvalue weighted by Crippen LogP contribution is -2.58. The van der Waals surface area contributed by atoms with Crippen LogP contribution in [0.5, 0.6) is 0 Å². The van der Waals surface area contributed by atoms with Gasteiger partial charge in [0.25, 0.3) is 0 Å². The van der Waals surface area contributed by atoms with Crippen LogP contribution in [0.2, 0.25) is 0 Å². The third-order valence-corrected chi connectivity index (χ3v) is 5.00. The van der Waals surface area contributed by atoms with Gasteiger partial charge in [0.1, 0.15) is 5.60 Å². The maximum absolute atomic E-state index is 11.7. The van der Waals surface area contributed by atoms with Crippen molar-refractivity contribution in [1.82, 2.24) is 14.8 Å². The smallest absolute Gasteiger partial charge is 0.219 e. The summed E-state index contributed by atoms with van der Waals surface area (Å²) in [4.78, 5) is 20.5. The number of carbonyl (C=O) groups is 1. The van der Waals surface area contributed by atoms with Crippen LogP contribution in [-0.2, 0) is 20.8 Å². The summed E-state index contributed by atoms with van der Waals surface area (Å²) in [5.41, 5.74) is 0.698. The monoisotopic (exact) mass is 325 g/mol. The molecular formula is C15H23N3O3S. The molecule has 0 radical (unpaired) electrons. The summed E-state index contributed by atoms with van der Waals surface area (Å²) < 4.78 is 11.8. The second kappa shape index (κ2) is 6.62. The van der Waals surface area contributed by atoms with Crippen LogP contribution in [0.1, 0.15) is 17.6 Å². The molecule has 3 heterocycles. The van der Waals surface area contributed by atoms with Crippen molar-refractivity contribution in [3.8, 4) is 0 Å². The average molecular weight is 325 g/mol. The van der Waals surface area contributed by atoms with Gasteiger partial charge in [-0.05, 0) is 6.92 Å². The van der Waals surface area contributed by atoms with Crippen LogP contribution >= 0.6 is 11.3 Å². The normalized spacial score (nSPS) is 27.1. The van der Waals surface area contributed by atoms with Crippen molar-refractivity contribution < 1.29 is 14.3 Å². The fourth-order valence-electron chi connectivity index (χ4n) is 3.13. The third-order valence-electron chi connectivity index (χ3n) is 4.17. The number of hydrogen-bond donors (Lipinski definition) is 0. The topological polar surface area (TPSA) is 54.9 Å². The molecule has 0 bridgehead atoms. The molecule has 0 aliphatic carbocycles. The first-order valence-electron chi connectivity index (χ1n) is 7.67. The van der Waals surface area contributed by atoms with Crippen LogP contribution in [0.4, 0.5) is 0 Å². The lowest BCUT2D eigenvalue weighted by atomic mass is 10.0. The highest BCUT2D eigenvalue weighted by Crippen LogP contribution is 2.24. The number of nitrogens with zero attached hydrogens (tertiary/aromatic N) is 3. The molecule has 1 aromatic rings. The Labute approximate surface area is 135 Å². The van der Waals surface area contributed by atoms with Gasteiger partial charge in [-0.25, -0.2) is 4.98 Å². The van der Waals surface area contributed by atoms with Gasteiger partial charge in [-0.3, -0.25) is 9.69 Å². The van der Waals surface area contributed by atoms with E-state index in [1.165, 1.54) is 0 Å². The number of morpholine rings is 1. The molecule has 2 fully saturated rings. The number of carbonyl (C=O) groups excluding carboxylic acids is 1. The fraction of sp³-hybridized carbons (Fsp3) is 0.733. The second-order valence-electron chi connectivity index (χ2n) is 6.09. The van der Waals surface area contributed by atoms with Crippen molar-refractivity contribution in [3.05, 3.63) is 16.1 Å². The van der Waals surface area contributed by atoms with E-state index in [1.54, 1.807) is 18.3 Å². The summed E-state index contributed by atoms with van der Waals surface area (Å²) in [6, 6.07) is 0. The van der Waals surface area contributed by atoms with Gasteiger partial charge in [0, 0.05) is 38.5 Å². The number of ether oxygens (including phenoxy) is 2. The van der Waals surface area contributed by atoms with E-state index in [0.29, 0.717) is 32.9 Å². The number of aryl methyl sites for hydroxylation is 1. The average Bonchev–Trinajstić information content (AvgIpc) is 2.76. The highest BCUT2D eigenvalue weighted by atomic mass is 32.1. The Bertz CT molecular complexity index is 536. The van der Waals surface area contributed by atoms with Gasteiger partial charge >= 0.3 is 0 Å². The van der Waals surface area contributed by atoms with E-state index in [0.717, 1.165) is 30.3 Å². The largest absolute Gasteiger partial charge is 0.376 e. The summed E-state index contributed by atoms with van der Waals surface area (Å²) in [6.07, 6.45) is 0. The molecule has 1 amide bonds. The molecule has 1 aromatic heterocycles. The van der Waals surface area contributed by atoms with Crippen molar-refractivity contribution in [2.24, 2.45) is 0 Å². The highest BCUT2D eigenvalue weighted by molar-refractivity contribution is 7.09. The number of aromatic nitrogens is 1. The lowest BCUT2D eigenvalue weighted by molar-refractivity contribution is -0.151. The Morgan fingerprint density at radius 1 is 1.41 bits per heavy atom. The Hall–Kier alpha value is -1.02. The van der Waals surface area contributed by atoms with Crippen LogP contribution < -0.4 is 0 Å². The van der Waals surface area contributed by atoms with E-state index >= 15 is 0 Å². The van der Waals surface area contributed by atoms with Crippen LogP contribution in [0, 0.1) is 6.92 Å². The SMILES string of the molecule is CC(=O)N1CCOCC2(CN(Cc3csc(C)n3)CCO2)C1. The maximum atomic E-state index is 11.7. The summed E-state index contributed by atoms with van der Waals surface area (Å²) >= 11 is 1.68. The van der Waals surface area contributed by atoms with E-state index in [4.69, 9.17) is 9.47 Å². The molecule has 2 aliphatic rings. The molecule has 6 nitrogen and oxygen atoms in total. The van der Waals surface area contributed by atoms with Crippen molar-refractivity contribution in [2.75, 3.05) is 46.0 Å². The van der Waals surface area contributed by atoms with E-state index in [-0.39, 0.29) is 5.91 Å². The van der Waals surface area contributed by atoms with E-state index in [2.05, 4.69) is 15.3 Å². The Morgan fingerprint density at radius 2 is 2.27 bits per heavy atom. The zero-order chi connectivity index (χ0) is 15.6. The molecule has 1 unspecified atom stereocenters. The zero-order valence-corrected chi connectivity index (χ0v) is 14.0. The third kappa shape index (κ3) is 3.65. The molecule has 1 atom stereocenters. The molecule has 22 heavy (non-hydrogen) atoms. The van der Waals surface area contributed by atoms with Crippen LogP contribution in [0.15, 0.2) is 5.38 Å². The van der Waals surface area contributed by atoms with E-state index < -0.39 is 5.60 Å². The molecule has 7 heteroatoms. The Balaban J connectivity index is 1.68. The molecule has 2 aliphatic heterocycles. The van der Waals surface area contributed by atoms with Gasteiger partial charge in [0.05, 0.1) is 37.1 Å². The van der Waals surface area contributed by atoms with Crippen molar-refractivity contribution in [2.45, 2.75) is 26.0 Å². The van der Waals surface area contributed by atoms with E-state index in [9.17, 15) is 4.79 Å². The van der Waals surface area contributed by atoms with Crippen molar-refractivity contribution in [3.63, 3.8) is 0 Å². The number of hydrogen-bond acceptors (Lipinski definition) is 6. The van der Waals surface area contributed by atoms with Crippen molar-refractivity contribution in [1.29, 1.82) is 0 Å². The number of rotatable bonds is 2. The summed E-state index contributed by atoms with van der Waals surface area (Å²) in [6.45, 7) is 9.16. The quantitative estimate of drug-likeness (QED) is 0.809. The first-order valence-corrected chi connectivity index (χ1v) is 8.55. The van der Waals surface area contributed by atoms with Crippen molar-refractivity contribution >= 4 is 17.2 Å². The number of amides is 1. The minimum absolute atomic E-state index is 0.0840. The van der Waals surface area contributed by atoms with Gasteiger partial charge in [0.15, 0.2) is 0 Å². The molecule has 0 saturated carbocycles. The predicted octanol–water partition coefficient (Wildman–Crippen LogP) is 0.901. The van der Waals surface area contributed by atoms with Crippen LogP contribution in [-0.4, -0.2) is 72.3 Å². The molecule has 0 N–H and O–H groups in total.